The molecule has 0 fully saturated rings. The van der Waals surface area contributed by atoms with Gasteiger partial charge < -0.3 is 19.6 Å². The number of hydrogen-bond donors (Lipinski definition) is 4. The second-order valence-corrected chi connectivity index (χ2v) is 13.0. The third-order valence-electron chi connectivity index (χ3n) is 2.92. The van der Waals surface area contributed by atoms with E-state index < -0.39 is 23.5 Å². The van der Waals surface area contributed by atoms with Gasteiger partial charge in [0, 0.05) is 11.5 Å². The number of benzene rings is 2. The molecule has 0 saturated heterocycles. The maximum Gasteiger partial charge on any atom is 0.351 e. The molecule has 0 saturated carbocycles. The van der Waals surface area contributed by atoms with Crippen molar-refractivity contribution in [3.63, 3.8) is 0 Å². The highest BCUT2D eigenvalue weighted by atomic mass is 32.5. The predicted molar refractivity (Wildman–Crippen MR) is 99.9 cm³/mol. The molecule has 0 spiro atoms. The summed E-state index contributed by atoms with van der Waals surface area (Å²) in [5, 5.41) is 0. The molecule has 0 aliphatic rings. The monoisotopic (exact) mass is 408 g/mol. The lowest BCUT2D eigenvalue weighted by molar-refractivity contribution is -0.121. The van der Waals surface area contributed by atoms with Gasteiger partial charge in [0.25, 0.3) is 0 Å². The van der Waals surface area contributed by atoms with Crippen LogP contribution in [0.2, 0.25) is 0 Å². The summed E-state index contributed by atoms with van der Waals surface area (Å²) in [4.78, 5) is 38.8. The molecule has 0 aliphatic carbocycles. The van der Waals surface area contributed by atoms with Gasteiger partial charge in [-0.25, -0.2) is 0 Å². The Labute approximate surface area is 147 Å². The van der Waals surface area contributed by atoms with Crippen molar-refractivity contribution < 1.29 is 28.9 Å². The highest BCUT2D eigenvalue weighted by molar-refractivity contribution is 8.26. The van der Waals surface area contributed by atoms with E-state index in [1.54, 1.807) is 0 Å². The summed E-state index contributed by atoms with van der Waals surface area (Å²) in [5.41, 5.74) is 1.81. The Bertz CT molecular complexity index is 714. The van der Waals surface area contributed by atoms with Gasteiger partial charge >= 0.3 is 13.4 Å². The molecule has 132 valence electrons. The Hall–Kier alpha value is -0.370. The second kappa shape index (κ2) is 8.83. The fourth-order valence-electron chi connectivity index (χ4n) is 1.88. The Morgan fingerprint density at radius 2 is 1.17 bits per heavy atom. The van der Waals surface area contributed by atoms with Crippen molar-refractivity contribution in [2.24, 2.45) is 0 Å². The van der Waals surface area contributed by atoms with Gasteiger partial charge in [-0.1, -0.05) is 60.7 Å². The minimum absolute atomic E-state index is 0.347. The summed E-state index contributed by atoms with van der Waals surface area (Å²) < 4.78 is 8.82. The van der Waals surface area contributed by atoms with E-state index in [1.165, 1.54) is 0 Å². The Morgan fingerprint density at radius 1 is 0.750 bits per heavy atom. The van der Waals surface area contributed by atoms with Crippen LogP contribution in [0.5, 0.6) is 0 Å². The van der Waals surface area contributed by atoms with Gasteiger partial charge in [-0.05, 0) is 22.9 Å². The average molecular weight is 408 g/mol. The smallest absolute Gasteiger partial charge is 0.327 e. The van der Waals surface area contributed by atoms with E-state index in [9.17, 15) is 9.79 Å². The van der Waals surface area contributed by atoms with E-state index in [0.717, 1.165) is 11.1 Å². The molecule has 0 radical (unpaired) electrons. The lowest BCUT2D eigenvalue weighted by atomic mass is 10.2. The Morgan fingerprint density at radius 3 is 1.54 bits per heavy atom. The van der Waals surface area contributed by atoms with Crippen molar-refractivity contribution in [1.82, 2.24) is 0 Å². The molecule has 10 heteroatoms. The van der Waals surface area contributed by atoms with Crippen LogP contribution in [-0.2, 0) is 42.7 Å². The van der Waals surface area contributed by atoms with Crippen molar-refractivity contribution in [2.45, 2.75) is 11.5 Å². The first-order valence-electron chi connectivity index (χ1n) is 6.80. The van der Waals surface area contributed by atoms with Gasteiger partial charge in [0.05, 0.1) is 0 Å². The highest BCUT2D eigenvalue weighted by Gasteiger charge is 2.23. The van der Waals surface area contributed by atoms with E-state index in [2.05, 4.69) is 21.2 Å². The standard InChI is InChI=1S/C14H18O6P2S2/c15-21(16,23)19-20-22(17,18)24(11-13-7-3-1-4-8-13)12-14-9-5-2-6-10-14/h1-10,17-18H,11-12H2,(H2,15,16,23). The van der Waals surface area contributed by atoms with Crippen LogP contribution in [0.25, 0.3) is 0 Å². The largest absolute Gasteiger partial charge is 0.351 e. The summed E-state index contributed by atoms with van der Waals surface area (Å²) in [6, 6.07) is 18.6. The van der Waals surface area contributed by atoms with Crippen molar-refractivity contribution >= 4 is 35.3 Å². The summed E-state index contributed by atoms with van der Waals surface area (Å²) in [6.45, 7) is -8.18. The first-order valence-corrected chi connectivity index (χ1v) is 13.2. The van der Waals surface area contributed by atoms with E-state index >= 15 is 0 Å². The predicted octanol–water partition coefficient (Wildman–Crippen LogP) is 2.82. The highest BCUT2D eigenvalue weighted by Crippen LogP contribution is 2.51. The molecule has 0 amide bonds. The third kappa shape index (κ3) is 6.86. The van der Waals surface area contributed by atoms with Crippen LogP contribution in [-0.4, -0.2) is 19.6 Å². The zero-order valence-electron chi connectivity index (χ0n) is 12.5. The van der Waals surface area contributed by atoms with Gasteiger partial charge in [-0.3, -0.25) is 0 Å². The van der Waals surface area contributed by atoms with Crippen LogP contribution in [0.4, 0.5) is 0 Å². The molecule has 0 bridgehead atoms. The lowest BCUT2D eigenvalue weighted by Crippen LogP contribution is -2.05. The first-order chi connectivity index (χ1) is 11.3. The fourth-order valence-corrected chi connectivity index (χ4v) is 6.91. The van der Waals surface area contributed by atoms with E-state index in [-0.39, 0.29) is 0 Å². The molecule has 0 heterocycles. The van der Waals surface area contributed by atoms with Crippen molar-refractivity contribution in [1.29, 1.82) is 0 Å². The SMILES string of the molecule is OP(O)(=S)OOP(O)(O)=S(Cc1ccccc1)Cc1ccccc1. The molecule has 24 heavy (non-hydrogen) atoms. The van der Waals surface area contributed by atoms with Crippen LogP contribution < -0.4 is 0 Å². The summed E-state index contributed by atoms with van der Waals surface area (Å²) in [5.74, 6) is 0.694. The average Bonchev–Trinajstić information content (AvgIpc) is 2.54. The fraction of sp³-hybridized carbons (Fsp3) is 0.143. The van der Waals surface area contributed by atoms with Gasteiger partial charge in [-0.2, -0.15) is 0 Å². The zero-order chi connectivity index (χ0) is 17.6. The van der Waals surface area contributed by atoms with Crippen LogP contribution in [0.15, 0.2) is 60.7 Å². The van der Waals surface area contributed by atoms with E-state index in [0.29, 0.717) is 11.5 Å². The molecule has 0 aromatic heterocycles. The minimum Gasteiger partial charge on any atom is -0.327 e. The summed E-state index contributed by atoms with van der Waals surface area (Å²) >= 11 is 4.27. The Kier molecular flexibility index (Phi) is 7.34. The molecular formula is C14H18O6P2S2. The zero-order valence-corrected chi connectivity index (χ0v) is 15.9. The molecule has 2 aromatic carbocycles. The molecule has 0 unspecified atom stereocenters. The topological polar surface area (TPSA) is 99.4 Å². The van der Waals surface area contributed by atoms with Crippen molar-refractivity contribution in [3.8, 4) is 0 Å². The van der Waals surface area contributed by atoms with E-state index in [1.807, 2.05) is 60.7 Å². The molecule has 2 rings (SSSR count). The summed E-state index contributed by atoms with van der Waals surface area (Å²) in [7, 11) is -1.05. The summed E-state index contributed by atoms with van der Waals surface area (Å²) in [6.07, 6.45) is 0. The number of hydrogen-bond acceptors (Lipinski definition) is 3. The number of rotatable bonds is 7. The van der Waals surface area contributed by atoms with Crippen LogP contribution in [0.3, 0.4) is 0 Å². The van der Waals surface area contributed by atoms with Crippen molar-refractivity contribution in [2.75, 3.05) is 0 Å². The molecule has 0 atom stereocenters. The minimum atomic E-state index is -4.14. The first kappa shape index (κ1) is 19.9. The maximum absolute atomic E-state index is 10.3. The van der Waals surface area contributed by atoms with Gasteiger partial charge in [-0.15, -0.1) is 19.4 Å². The maximum atomic E-state index is 10.3. The molecule has 0 aliphatic heterocycles. The second-order valence-electron chi connectivity index (χ2n) is 4.85. The van der Waals surface area contributed by atoms with E-state index in [4.69, 9.17) is 9.79 Å². The molecule has 4 N–H and O–H groups in total. The van der Waals surface area contributed by atoms with Crippen LogP contribution in [0.1, 0.15) is 11.1 Å². The quantitative estimate of drug-likeness (QED) is 0.318. The molecular weight excluding hydrogens is 390 g/mol. The van der Waals surface area contributed by atoms with Gasteiger partial charge in [0.1, 0.15) is 0 Å². The van der Waals surface area contributed by atoms with Crippen LogP contribution in [0, 0.1) is 0 Å². The molecule has 6 nitrogen and oxygen atoms in total. The van der Waals surface area contributed by atoms with Crippen molar-refractivity contribution in [3.05, 3.63) is 71.8 Å². The van der Waals surface area contributed by atoms with Gasteiger partial charge in [0.15, 0.2) is 0 Å². The molecule has 2 aromatic rings. The van der Waals surface area contributed by atoms with Crippen LogP contribution >= 0.6 is 13.4 Å². The van der Waals surface area contributed by atoms with Gasteiger partial charge in [0.2, 0.25) is 0 Å². The normalized spacial score (nSPS) is 12.5. The Balaban J connectivity index is 2.33. The third-order valence-corrected chi connectivity index (χ3v) is 8.73. The lowest BCUT2D eigenvalue weighted by Gasteiger charge is -2.20.